The van der Waals surface area contributed by atoms with Crippen molar-refractivity contribution in [3.63, 3.8) is 0 Å². The molecule has 1 fully saturated rings. The molecule has 0 radical (unpaired) electrons. The van der Waals surface area contributed by atoms with E-state index in [1.165, 1.54) is 0 Å². The fourth-order valence-corrected chi connectivity index (χ4v) is 5.99. The van der Waals surface area contributed by atoms with Crippen molar-refractivity contribution in [3.8, 4) is 5.75 Å². The number of carbonyl (C=O) groups is 2. The van der Waals surface area contributed by atoms with E-state index in [0.717, 1.165) is 24.0 Å². The predicted molar refractivity (Wildman–Crippen MR) is 139 cm³/mol. The molecule has 0 spiro atoms. The highest BCUT2D eigenvalue weighted by molar-refractivity contribution is 5.75. The van der Waals surface area contributed by atoms with Crippen LogP contribution >= 0.6 is 0 Å². The number of allylic oxidation sites excluding steroid dienone is 2. The van der Waals surface area contributed by atoms with Crippen LogP contribution < -0.4 is 4.74 Å². The largest absolute Gasteiger partial charge is 0.478 e. The first-order valence-electron chi connectivity index (χ1n) is 13.7. The van der Waals surface area contributed by atoms with Crippen molar-refractivity contribution < 1.29 is 34.0 Å². The van der Waals surface area contributed by atoms with E-state index in [-0.39, 0.29) is 36.2 Å². The lowest BCUT2D eigenvalue weighted by Crippen LogP contribution is -2.44. The standard InChI is InChI=1S/C30H40O7/c1-4-19-8-6-7-9-26(19)36-25(5-2)30(34)37-27-16-21(31)14-20-11-10-18(3)24(29(20)27)13-12-23-15-22(32)17-28(33)35-23/h6-11,14,18,21-25,27,29,31-32H,4-5,12-13,15-17H2,1-3H3/t18-,21+,22+,23+,24-,25?,27-,29-/m0/s1. The minimum Gasteiger partial charge on any atom is -0.478 e. The summed E-state index contributed by atoms with van der Waals surface area (Å²) in [6.07, 6.45) is 6.60. The van der Waals surface area contributed by atoms with Crippen molar-refractivity contribution in [2.75, 3.05) is 0 Å². The summed E-state index contributed by atoms with van der Waals surface area (Å²) in [5.74, 6) is 0.200. The van der Waals surface area contributed by atoms with Gasteiger partial charge in [-0.25, -0.2) is 4.79 Å². The average Bonchev–Trinajstić information content (AvgIpc) is 2.86. The van der Waals surface area contributed by atoms with E-state index in [9.17, 15) is 19.8 Å². The molecular formula is C30H40O7. The van der Waals surface area contributed by atoms with Gasteiger partial charge in [-0.1, -0.05) is 57.2 Å². The zero-order valence-electron chi connectivity index (χ0n) is 22.0. The third-order valence-electron chi connectivity index (χ3n) is 7.95. The minimum atomic E-state index is -0.739. The molecule has 0 saturated carbocycles. The molecule has 1 unspecified atom stereocenters. The second-order valence-corrected chi connectivity index (χ2v) is 10.6. The molecule has 0 aromatic heterocycles. The van der Waals surface area contributed by atoms with Gasteiger partial charge in [0.25, 0.3) is 0 Å². The van der Waals surface area contributed by atoms with Gasteiger partial charge in [0.15, 0.2) is 6.10 Å². The maximum Gasteiger partial charge on any atom is 0.347 e. The van der Waals surface area contributed by atoms with Gasteiger partial charge in [-0.05, 0) is 54.7 Å². The maximum atomic E-state index is 13.3. The van der Waals surface area contributed by atoms with Gasteiger partial charge in [0.1, 0.15) is 18.0 Å². The Labute approximate surface area is 219 Å². The van der Waals surface area contributed by atoms with Crippen molar-refractivity contribution in [2.24, 2.45) is 17.8 Å². The highest BCUT2D eigenvalue weighted by Crippen LogP contribution is 2.44. The van der Waals surface area contributed by atoms with Gasteiger partial charge in [0, 0.05) is 18.8 Å². The van der Waals surface area contributed by atoms with Crippen LogP contribution in [0.15, 0.2) is 48.1 Å². The number of carbonyl (C=O) groups excluding carboxylic acids is 2. The number of cyclic esters (lactones) is 1. The van der Waals surface area contributed by atoms with E-state index in [2.05, 4.69) is 13.0 Å². The van der Waals surface area contributed by atoms with Gasteiger partial charge in [0.05, 0.1) is 18.6 Å². The Balaban J connectivity index is 1.48. The molecule has 7 heteroatoms. The van der Waals surface area contributed by atoms with Crippen molar-refractivity contribution in [1.82, 2.24) is 0 Å². The van der Waals surface area contributed by atoms with Gasteiger partial charge < -0.3 is 24.4 Å². The van der Waals surface area contributed by atoms with Gasteiger partial charge in [-0.15, -0.1) is 0 Å². The highest BCUT2D eigenvalue weighted by atomic mass is 16.6. The van der Waals surface area contributed by atoms with Crippen LogP contribution in [0.25, 0.3) is 0 Å². The number of aryl methyl sites for hydroxylation is 1. The quantitative estimate of drug-likeness (QED) is 0.476. The molecule has 2 N–H and O–H groups in total. The second-order valence-electron chi connectivity index (χ2n) is 10.6. The summed E-state index contributed by atoms with van der Waals surface area (Å²) in [6.45, 7) is 6.09. The summed E-state index contributed by atoms with van der Waals surface area (Å²) in [5.41, 5.74) is 2.01. The molecule has 1 aromatic carbocycles. The molecule has 1 aliphatic heterocycles. The summed E-state index contributed by atoms with van der Waals surface area (Å²) < 4.78 is 17.7. The summed E-state index contributed by atoms with van der Waals surface area (Å²) in [4.78, 5) is 25.1. The average molecular weight is 513 g/mol. The van der Waals surface area contributed by atoms with Crippen LogP contribution in [0.1, 0.15) is 64.9 Å². The van der Waals surface area contributed by atoms with Crippen molar-refractivity contribution >= 4 is 11.9 Å². The number of hydrogen-bond donors (Lipinski definition) is 2. The lowest BCUT2D eigenvalue weighted by Gasteiger charge is -2.43. The number of fused-ring (bicyclic) bond motifs is 1. The van der Waals surface area contributed by atoms with Gasteiger partial charge >= 0.3 is 11.9 Å². The van der Waals surface area contributed by atoms with Crippen LogP contribution in [0.3, 0.4) is 0 Å². The number of benzene rings is 1. The first-order chi connectivity index (χ1) is 17.8. The second kappa shape index (κ2) is 12.3. The number of aliphatic hydroxyl groups excluding tert-OH is 2. The zero-order chi connectivity index (χ0) is 26.5. The summed E-state index contributed by atoms with van der Waals surface area (Å²) in [6, 6.07) is 7.71. The Morgan fingerprint density at radius 3 is 2.68 bits per heavy atom. The molecule has 202 valence electrons. The maximum absolute atomic E-state index is 13.3. The fourth-order valence-electron chi connectivity index (χ4n) is 5.99. The first-order valence-corrected chi connectivity index (χ1v) is 13.7. The third kappa shape index (κ3) is 6.63. The van der Waals surface area contributed by atoms with Crippen LogP contribution in [0.5, 0.6) is 5.75 Å². The molecule has 2 aliphatic carbocycles. The Morgan fingerprint density at radius 1 is 1.16 bits per heavy atom. The number of hydrogen-bond acceptors (Lipinski definition) is 7. The van der Waals surface area contributed by atoms with E-state index in [4.69, 9.17) is 14.2 Å². The van der Waals surface area contributed by atoms with Crippen LogP contribution in [0.4, 0.5) is 0 Å². The summed E-state index contributed by atoms with van der Waals surface area (Å²) in [7, 11) is 0. The molecule has 8 atom stereocenters. The molecule has 1 aromatic rings. The SMILES string of the molecule is CCc1ccccc1OC(CC)C(=O)O[C@H]1C[C@H](O)C=C2C=C[C@H](C)[C@H](CC[C@@H]3C[C@@H](O)CC(=O)O3)[C@H]21. The van der Waals surface area contributed by atoms with Gasteiger partial charge in [-0.2, -0.15) is 0 Å². The van der Waals surface area contributed by atoms with E-state index < -0.39 is 30.4 Å². The fraction of sp³-hybridized carbons (Fsp3) is 0.600. The summed E-state index contributed by atoms with van der Waals surface area (Å²) in [5, 5.41) is 20.5. The molecule has 1 saturated heterocycles. The highest BCUT2D eigenvalue weighted by Gasteiger charge is 2.43. The van der Waals surface area contributed by atoms with E-state index in [1.807, 2.05) is 50.3 Å². The first kappa shape index (κ1) is 27.4. The molecular weight excluding hydrogens is 472 g/mol. The topological polar surface area (TPSA) is 102 Å². The third-order valence-corrected chi connectivity index (χ3v) is 7.95. The smallest absolute Gasteiger partial charge is 0.347 e. The number of aliphatic hydroxyl groups is 2. The Bertz CT molecular complexity index is 1010. The normalized spacial score (nSPS) is 32.1. The Kier molecular flexibility index (Phi) is 9.08. The van der Waals surface area contributed by atoms with Crippen LogP contribution in [0.2, 0.25) is 0 Å². The number of esters is 2. The lowest BCUT2D eigenvalue weighted by atomic mass is 9.66. The van der Waals surface area contributed by atoms with Gasteiger partial charge in [0.2, 0.25) is 0 Å². The molecule has 0 amide bonds. The number of rotatable bonds is 9. The molecule has 3 aliphatic rings. The lowest BCUT2D eigenvalue weighted by molar-refractivity contribution is -0.165. The Hall–Kier alpha value is -2.64. The van der Waals surface area contributed by atoms with E-state index >= 15 is 0 Å². The minimum absolute atomic E-state index is 0.0495. The van der Waals surface area contributed by atoms with E-state index in [1.54, 1.807) is 0 Å². The molecule has 7 nitrogen and oxygen atoms in total. The zero-order valence-corrected chi connectivity index (χ0v) is 22.0. The predicted octanol–water partition coefficient (Wildman–Crippen LogP) is 4.29. The molecule has 1 heterocycles. The molecule has 0 bridgehead atoms. The van der Waals surface area contributed by atoms with Crippen molar-refractivity contribution in [2.45, 2.75) is 96.2 Å². The van der Waals surface area contributed by atoms with E-state index in [0.29, 0.717) is 31.4 Å². The number of ether oxygens (including phenoxy) is 3. The van der Waals surface area contributed by atoms with Crippen molar-refractivity contribution in [3.05, 3.63) is 53.6 Å². The molecule has 4 rings (SSSR count). The molecule has 37 heavy (non-hydrogen) atoms. The summed E-state index contributed by atoms with van der Waals surface area (Å²) >= 11 is 0. The van der Waals surface area contributed by atoms with Crippen LogP contribution in [0, 0.1) is 17.8 Å². The van der Waals surface area contributed by atoms with Gasteiger partial charge in [-0.3, -0.25) is 4.79 Å². The van der Waals surface area contributed by atoms with Crippen molar-refractivity contribution in [1.29, 1.82) is 0 Å². The van der Waals surface area contributed by atoms with Crippen LogP contribution in [-0.4, -0.2) is 52.7 Å². The number of para-hydroxylation sites is 1. The Morgan fingerprint density at radius 2 is 1.95 bits per heavy atom. The monoisotopic (exact) mass is 512 g/mol. The van der Waals surface area contributed by atoms with Crippen LogP contribution in [-0.2, 0) is 25.5 Å².